The van der Waals surface area contributed by atoms with Crippen molar-refractivity contribution < 1.29 is 14.3 Å². The molecule has 0 amide bonds. The maximum atomic E-state index is 12.4. The molecular formula is C29H46O3. The lowest BCUT2D eigenvalue weighted by molar-refractivity contribution is -0.151. The molecule has 0 spiro atoms. The van der Waals surface area contributed by atoms with E-state index in [1.54, 1.807) is 5.57 Å². The van der Waals surface area contributed by atoms with Gasteiger partial charge in [0.05, 0.1) is 0 Å². The van der Waals surface area contributed by atoms with E-state index in [4.69, 9.17) is 4.74 Å². The van der Waals surface area contributed by atoms with E-state index in [1.807, 2.05) is 6.92 Å². The summed E-state index contributed by atoms with van der Waals surface area (Å²) in [7, 11) is 0. The van der Waals surface area contributed by atoms with Crippen LogP contribution in [0.5, 0.6) is 0 Å². The van der Waals surface area contributed by atoms with Crippen molar-refractivity contribution in [2.45, 2.75) is 124 Å². The highest BCUT2D eigenvalue weighted by Crippen LogP contribution is 2.66. The Kier molecular flexibility index (Phi) is 7.23. The van der Waals surface area contributed by atoms with Gasteiger partial charge in [-0.05, 0) is 86.9 Å². The molecule has 7 unspecified atom stereocenters. The Morgan fingerprint density at radius 3 is 2.53 bits per heavy atom. The Labute approximate surface area is 196 Å². The number of Topliss-reactive ketones (excluding diaryl/α,β-unsaturated/α-hetero) is 1. The topological polar surface area (TPSA) is 43.4 Å². The molecule has 0 bridgehead atoms. The second-order valence-electron chi connectivity index (χ2n) is 12.1. The fraction of sp³-hybridized carbons (Fsp3) is 0.862. The SMILES string of the molecule is CCCCCCCC(=O)OC1CCC2(C)C(=CCC3C2CCC2(C)C(C(C)=O)CCC32)C1. The maximum Gasteiger partial charge on any atom is 0.306 e. The number of hydrogen-bond donors (Lipinski definition) is 0. The van der Waals surface area contributed by atoms with Gasteiger partial charge in [0.2, 0.25) is 0 Å². The average molecular weight is 443 g/mol. The third-order valence-electron chi connectivity index (χ3n) is 10.3. The van der Waals surface area contributed by atoms with Gasteiger partial charge in [-0.3, -0.25) is 9.59 Å². The van der Waals surface area contributed by atoms with Crippen molar-refractivity contribution in [1.29, 1.82) is 0 Å². The molecule has 3 saturated carbocycles. The van der Waals surface area contributed by atoms with Crippen LogP contribution in [0.3, 0.4) is 0 Å². The number of allylic oxidation sites excluding steroid dienone is 1. The molecule has 3 nitrogen and oxygen atoms in total. The van der Waals surface area contributed by atoms with Crippen LogP contribution in [0.2, 0.25) is 0 Å². The average Bonchev–Trinajstić information content (AvgIpc) is 3.11. The van der Waals surface area contributed by atoms with Gasteiger partial charge < -0.3 is 4.74 Å². The second-order valence-corrected chi connectivity index (χ2v) is 12.1. The van der Waals surface area contributed by atoms with E-state index < -0.39 is 0 Å². The maximum absolute atomic E-state index is 12.4. The number of unbranched alkanes of at least 4 members (excludes halogenated alkanes) is 4. The summed E-state index contributed by atoms with van der Waals surface area (Å²) in [6.07, 6.45) is 18.1. The molecule has 32 heavy (non-hydrogen) atoms. The first-order valence-corrected chi connectivity index (χ1v) is 13.7. The minimum Gasteiger partial charge on any atom is -0.462 e. The van der Waals surface area contributed by atoms with Crippen LogP contribution in [-0.4, -0.2) is 17.9 Å². The van der Waals surface area contributed by atoms with E-state index >= 15 is 0 Å². The van der Waals surface area contributed by atoms with Crippen LogP contribution < -0.4 is 0 Å². The number of ether oxygens (including phenoxy) is 1. The van der Waals surface area contributed by atoms with Crippen LogP contribution in [0.1, 0.15) is 118 Å². The lowest BCUT2D eigenvalue weighted by Crippen LogP contribution is -2.51. The van der Waals surface area contributed by atoms with Crippen molar-refractivity contribution in [2.75, 3.05) is 0 Å². The number of rotatable bonds is 8. The summed E-state index contributed by atoms with van der Waals surface area (Å²) < 4.78 is 5.94. The van der Waals surface area contributed by atoms with E-state index in [0.29, 0.717) is 18.1 Å². The van der Waals surface area contributed by atoms with Gasteiger partial charge in [-0.1, -0.05) is 58.1 Å². The zero-order chi connectivity index (χ0) is 22.9. The predicted molar refractivity (Wildman–Crippen MR) is 129 cm³/mol. The third-order valence-corrected chi connectivity index (χ3v) is 10.3. The smallest absolute Gasteiger partial charge is 0.306 e. The number of ketones is 1. The highest BCUT2D eigenvalue weighted by atomic mass is 16.5. The van der Waals surface area contributed by atoms with Gasteiger partial charge in [-0.2, -0.15) is 0 Å². The minimum atomic E-state index is 0.0130. The zero-order valence-corrected chi connectivity index (χ0v) is 21.1. The van der Waals surface area contributed by atoms with E-state index in [1.165, 1.54) is 44.9 Å². The van der Waals surface area contributed by atoms with Crippen molar-refractivity contribution in [3.8, 4) is 0 Å². The lowest BCUT2D eigenvalue weighted by atomic mass is 9.47. The quantitative estimate of drug-likeness (QED) is 0.223. The summed E-state index contributed by atoms with van der Waals surface area (Å²) in [5, 5.41) is 0. The predicted octanol–water partition coefficient (Wildman–Crippen LogP) is 7.43. The van der Waals surface area contributed by atoms with Crippen LogP contribution in [0.15, 0.2) is 11.6 Å². The first kappa shape index (κ1) is 24.0. The van der Waals surface area contributed by atoms with Crippen molar-refractivity contribution in [1.82, 2.24) is 0 Å². The van der Waals surface area contributed by atoms with Crippen molar-refractivity contribution in [2.24, 2.45) is 34.5 Å². The normalized spacial score (nSPS) is 40.6. The first-order chi connectivity index (χ1) is 15.3. The Morgan fingerprint density at radius 1 is 1.00 bits per heavy atom. The van der Waals surface area contributed by atoms with Gasteiger partial charge in [-0.25, -0.2) is 0 Å². The van der Waals surface area contributed by atoms with Crippen LogP contribution in [0.4, 0.5) is 0 Å². The zero-order valence-electron chi connectivity index (χ0n) is 21.1. The monoisotopic (exact) mass is 442 g/mol. The van der Waals surface area contributed by atoms with E-state index in [2.05, 4.69) is 26.8 Å². The Morgan fingerprint density at radius 2 is 1.78 bits per heavy atom. The molecule has 7 atom stereocenters. The van der Waals surface area contributed by atoms with Crippen LogP contribution in [0, 0.1) is 34.5 Å². The van der Waals surface area contributed by atoms with E-state index in [9.17, 15) is 9.59 Å². The molecule has 0 heterocycles. The molecule has 180 valence electrons. The summed E-state index contributed by atoms with van der Waals surface area (Å²) in [4.78, 5) is 24.7. The lowest BCUT2D eigenvalue weighted by Gasteiger charge is -2.58. The highest BCUT2D eigenvalue weighted by Gasteiger charge is 2.59. The highest BCUT2D eigenvalue weighted by molar-refractivity contribution is 5.79. The van der Waals surface area contributed by atoms with Crippen LogP contribution in [0.25, 0.3) is 0 Å². The molecule has 4 aliphatic carbocycles. The molecule has 4 aliphatic rings. The molecule has 4 rings (SSSR count). The van der Waals surface area contributed by atoms with Crippen LogP contribution in [-0.2, 0) is 14.3 Å². The number of carbonyl (C=O) groups is 2. The molecule has 0 aliphatic heterocycles. The van der Waals surface area contributed by atoms with Gasteiger partial charge in [0.1, 0.15) is 11.9 Å². The van der Waals surface area contributed by atoms with Gasteiger partial charge in [0, 0.05) is 18.8 Å². The minimum absolute atomic E-state index is 0.0130. The summed E-state index contributed by atoms with van der Waals surface area (Å²) in [5.74, 6) is 2.88. The fourth-order valence-electron chi connectivity index (χ4n) is 8.51. The third kappa shape index (κ3) is 4.34. The van der Waals surface area contributed by atoms with Gasteiger partial charge in [0.15, 0.2) is 0 Å². The molecule has 0 aromatic heterocycles. The molecule has 0 aromatic carbocycles. The Hall–Kier alpha value is -1.12. The molecule has 0 radical (unpaired) electrons. The van der Waals surface area contributed by atoms with E-state index in [0.717, 1.165) is 50.4 Å². The summed E-state index contributed by atoms with van der Waals surface area (Å²) in [6, 6.07) is 0. The van der Waals surface area contributed by atoms with Crippen molar-refractivity contribution >= 4 is 11.8 Å². The second kappa shape index (κ2) is 9.63. The summed E-state index contributed by atoms with van der Waals surface area (Å²) >= 11 is 0. The fourth-order valence-corrected chi connectivity index (χ4v) is 8.51. The van der Waals surface area contributed by atoms with Crippen LogP contribution >= 0.6 is 0 Å². The number of hydrogen-bond acceptors (Lipinski definition) is 3. The standard InChI is InChI=1S/C29H46O3/c1-5-6-7-8-9-10-27(31)32-22-15-17-28(3)21(19-22)11-12-23-25-14-13-24(20(2)30)29(25,4)18-16-26(23)28/h11,22-26H,5-10,12-19H2,1-4H3. The number of fused-ring (bicyclic) bond motifs is 5. The number of esters is 1. The Balaban J connectivity index is 1.37. The van der Waals surface area contributed by atoms with E-state index in [-0.39, 0.29) is 28.8 Å². The van der Waals surface area contributed by atoms with Crippen molar-refractivity contribution in [3.05, 3.63) is 11.6 Å². The molecular weight excluding hydrogens is 396 g/mol. The Bertz CT molecular complexity index is 739. The summed E-state index contributed by atoms with van der Waals surface area (Å²) in [6.45, 7) is 8.96. The summed E-state index contributed by atoms with van der Waals surface area (Å²) in [5.41, 5.74) is 2.05. The molecule has 0 saturated heterocycles. The molecule has 3 heteroatoms. The first-order valence-electron chi connectivity index (χ1n) is 13.7. The molecule has 3 fully saturated rings. The van der Waals surface area contributed by atoms with Crippen molar-refractivity contribution in [3.63, 3.8) is 0 Å². The number of carbonyl (C=O) groups excluding carboxylic acids is 2. The van der Waals surface area contributed by atoms with Gasteiger partial charge in [0.25, 0.3) is 0 Å². The van der Waals surface area contributed by atoms with Gasteiger partial charge >= 0.3 is 5.97 Å². The van der Waals surface area contributed by atoms with Gasteiger partial charge in [-0.15, -0.1) is 0 Å². The largest absolute Gasteiger partial charge is 0.462 e. The molecule has 0 N–H and O–H groups in total. The molecule has 0 aromatic rings.